The van der Waals surface area contributed by atoms with Crippen LogP contribution in [0.2, 0.25) is 5.02 Å². The molecule has 1 aromatic rings. The summed E-state index contributed by atoms with van der Waals surface area (Å²) < 4.78 is 14.0. The number of carbonyl (C=O) groups excluding carboxylic acids is 2. The lowest BCUT2D eigenvalue weighted by atomic mass is 10.0. The van der Waals surface area contributed by atoms with Crippen LogP contribution in [-0.2, 0) is 16.1 Å². The Bertz CT molecular complexity index is 1080. The first kappa shape index (κ1) is 24.3. The lowest BCUT2D eigenvalue weighted by Gasteiger charge is -2.45. The number of hydrazine groups is 1. The number of benzene rings is 1. The third-order valence-electron chi connectivity index (χ3n) is 5.43. The van der Waals surface area contributed by atoms with Gasteiger partial charge in [-0.05, 0) is 18.6 Å². The molecule has 8 nitrogen and oxygen atoms in total. The van der Waals surface area contributed by atoms with Gasteiger partial charge in [-0.25, -0.2) is 4.39 Å². The van der Waals surface area contributed by atoms with Gasteiger partial charge in [-0.2, -0.15) is 5.01 Å². The fourth-order valence-corrected chi connectivity index (χ4v) is 3.67. The van der Waals surface area contributed by atoms with Gasteiger partial charge in [0, 0.05) is 42.8 Å². The number of nitrogens with one attached hydrogen (secondary N) is 1. The number of rotatable bonds is 7. The maximum atomic E-state index is 14.0. The number of halogens is 2. The van der Waals surface area contributed by atoms with E-state index < -0.39 is 29.5 Å². The summed E-state index contributed by atoms with van der Waals surface area (Å²) in [5, 5.41) is 26.9. The first-order chi connectivity index (χ1) is 15.7. The molecule has 174 valence electrons. The molecule has 0 aliphatic carbocycles. The summed E-state index contributed by atoms with van der Waals surface area (Å²) in [5.41, 5.74) is -0.169. The van der Waals surface area contributed by atoms with E-state index in [1.165, 1.54) is 28.2 Å². The second-order valence-electron chi connectivity index (χ2n) is 7.66. The van der Waals surface area contributed by atoms with Gasteiger partial charge < -0.3 is 20.4 Å². The molecular weight excluding hydrogens is 451 g/mol. The zero-order chi connectivity index (χ0) is 24.3. The maximum absolute atomic E-state index is 14.0. The van der Waals surface area contributed by atoms with Crippen molar-refractivity contribution in [2.45, 2.75) is 19.1 Å². The average molecular weight is 475 g/mol. The monoisotopic (exact) mass is 474 g/mol. The molecule has 0 aromatic heterocycles. The number of carbonyl (C=O) groups is 2. The fraction of sp³-hybridized carbons (Fsp3) is 0.304. The van der Waals surface area contributed by atoms with E-state index in [0.29, 0.717) is 13.0 Å². The van der Waals surface area contributed by atoms with E-state index in [0.717, 1.165) is 6.07 Å². The third-order valence-corrected chi connectivity index (χ3v) is 5.66. The van der Waals surface area contributed by atoms with E-state index in [1.54, 1.807) is 18.1 Å². The number of nitrogens with zero attached hydrogens (tertiary/aromatic N) is 3. The summed E-state index contributed by atoms with van der Waals surface area (Å²) in [5.74, 6) is -0.0944. The summed E-state index contributed by atoms with van der Waals surface area (Å²) >= 11 is 5.74. The van der Waals surface area contributed by atoms with E-state index in [-0.39, 0.29) is 41.0 Å². The van der Waals surface area contributed by atoms with Crippen LogP contribution < -0.4 is 5.32 Å². The van der Waals surface area contributed by atoms with Gasteiger partial charge in [0.1, 0.15) is 11.9 Å². The highest BCUT2D eigenvalue weighted by molar-refractivity contribution is 6.30. The van der Waals surface area contributed by atoms with Gasteiger partial charge in [0.2, 0.25) is 0 Å². The van der Waals surface area contributed by atoms with Crippen LogP contribution in [0.3, 0.4) is 0 Å². The Morgan fingerprint density at radius 2 is 2.24 bits per heavy atom. The molecule has 10 heteroatoms. The van der Waals surface area contributed by atoms with Gasteiger partial charge in [0.25, 0.3) is 11.8 Å². The number of fused-ring (bicyclic) bond motifs is 1. The first-order valence-electron chi connectivity index (χ1n) is 10.1. The van der Waals surface area contributed by atoms with Crippen molar-refractivity contribution in [1.29, 1.82) is 0 Å². The van der Waals surface area contributed by atoms with Crippen LogP contribution in [-0.4, -0.2) is 63.3 Å². The van der Waals surface area contributed by atoms with Gasteiger partial charge >= 0.3 is 0 Å². The Hall–Kier alpha value is -3.32. The van der Waals surface area contributed by atoms with Crippen molar-refractivity contribution in [2.24, 2.45) is 5.92 Å². The van der Waals surface area contributed by atoms with E-state index in [9.17, 15) is 24.2 Å². The molecule has 2 atom stereocenters. The van der Waals surface area contributed by atoms with Crippen molar-refractivity contribution in [2.75, 3.05) is 20.3 Å². The number of allylic oxidation sites excluding steroid dienone is 1. The minimum atomic E-state index is -1.73. The molecule has 1 fully saturated rings. The fourth-order valence-electron chi connectivity index (χ4n) is 3.51. The van der Waals surface area contributed by atoms with Gasteiger partial charge in [-0.3, -0.25) is 14.6 Å². The van der Waals surface area contributed by atoms with Gasteiger partial charge in [-0.1, -0.05) is 29.7 Å². The molecule has 33 heavy (non-hydrogen) atoms. The molecule has 3 N–H and O–H groups in total. The van der Waals surface area contributed by atoms with E-state index in [1.807, 2.05) is 0 Å². The van der Waals surface area contributed by atoms with Gasteiger partial charge in [-0.15, -0.1) is 13.0 Å². The zero-order valence-corrected chi connectivity index (χ0v) is 18.7. The van der Waals surface area contributed by atoms with Gasteiger partial charge in [0.05, 0.1) is 12.2 Å². The summed E-state index contributed by atoms with van der Waals surface area (Å²) in [6.45, 7) is 4.08. The molecule has 0 saturated carbocycles. The molecule has 2 aliphatic rings. The maximum Gasteiger partial charge on any atom is 0.276 e. The first-order valence-corrected chi connectivity index (χ1v) is 10.5. The third kappa shape index (κ3) is 5.03. The number of hydrogen-bond acceptors (Lipinski definition) is 6. The van der Waals surface area contributed by atoms with Crippen LogP contribution in [0.25, 0.3) is 0 Å². The number of hydrogen-bond donors (Lipinski definition) is 3. The lowest BCUT2D eigenvalue weighted by Crippen LogP contribution is -2.57. The molecule has 1 saturated heterocycles. The molecule has 0 spiro atoms. The van der Waals surface area contributed by atoms with Gasteiger partial charge in [0.15, 0.2) is 11.5 Å². The predicted octanol–water partition coefficient (Wildman–Crippen LogP) is 1.90. The smallest absolute Gasteiger partial charge is 0.276 e. The minimum absolute atomic E-state index is 0.160. The largest absolute Gasteiger partial charge is 0.507 e. The Morgan fingerprint density at radius 1 is 1.52 bits per heavy atom. The topological polar surface area (TPSA) is 96.4 Å². The summed E-state index contributed by atoms with van der Waals surface area (Å²) in [6.07, 6.45) is 7.20. The average Bonchev–Trinajstić information content (AvgIpc) is 2.78. The molecule has 0 bridgehead atoms. The highest BCUT2D eigenvalue weighted by Gasteiger charge is 2.41. The molecule has 2 heterocycles. The quantitative estimate of drug-likeness (QED) is 0.412. The summed E-state index contributed by atoms with van der Waals surface area (Å²) in [6, 6.07) is 4.04. The van der Waals surface area contributed by atoms with Crippen molar-refractivity contribution in [3.05, 3.63) is 70.5 Å². The van der Waals surface area contributed by atoms with Crippen LogP contribution in [0, 0.1) is 24.1 Å². The van der Waals surface area contributed by atoms with Crippen LogP contribution in [0.4, 0.5) is 4.39 Å². The number of aliphatic hydroxyl groups is 2. The standard InChI is InChI=1S/C23H24ClFN4O4/c1-4-14(5-2)8-9-28-13-27(3)23(33)19-21(31)20(30)17(12-29(19)28)22(32)26-11-15-6-7-16(24)10-18(15)25/h1,5-7,10,12,14,20,30-31H,2,8-9,11,13H2,3H3,(H,26,32)/t14-,20?/m0/s1. The minimum Gasteiger partial charge on any atom is -0.507 e. The van der Waals surface area contributed by atoms with Crippen LogP contribution in [0.1, 0.15) is 12.0 Å². The molecule has 2 aliphatic heterocycles. The van der Waals surface area contributed by atoms with E-state index in [2.05, 4.69) is 17.8 Å². The number of aliphatic hydroxyl groups excluding tert-OH is 2. The molecule has 3 rings (SSSR count). The van der Waals surface area contributed by atoms with Crippen LogP contribution in [0.15, 0.2) is 54.1 Å². The van der Waals surface area contributed by atoms with Crippen molar-refractivity contribution in [3.8, 4) is 12.3 Å². The number of amides is 2. The van der Waals surface area contributed by atoms with E-state index in [4.69, 9.17) is 18.0 Å². The lowest BCUT2D eigenvalue weighted by molar-refractivity contribution is -0.144. The molecular formula is C23H24ClFN4O4. The predicted molar refractivity (Wildman–Crippen MR) is 120 cm³/mol. The number of terminal acetylenes is 1. The highest BCUT2D eigenvalue weighted by Crippen LogP contribution is 2.30. The van der Waals surface area contributed by atoms with Crippen molar-refractivity contribution in [3.63, 3.8) is 0 Å². The van der Waals surface area contributed by atoms with Crippen LogP contribution >= 0.6 is 11.6 Å². The van der Waals surface area contributed by atoms with Crippen molar-refractivity contribution in [1.82, 2.24) is 20.2 Å². The normalized spacial score (nSPS) is 19.5. The molecule has 1 aromatic carbocycles. The molecule has 2 amide bonds. The second-order valence-corrected chi connectivity index (χ2v) is 8.09. The Morgan fingerprint density at radius 3 is 2.88 bits per heavy atom. The summed E-state index contributed by atoms with van der Waals surface area (Å²) in [4.78, 5) is 26.8. The molecule has 0 radical (unpaired) electrons. The molecule has 1 unspecified atom stereocenters. The summed E-state index contributed by atoms with van der Waals surface area (Å²) in [7, 11) is 1.55. The Labute approximate surface area is 196 Å². The number of likely N-dealkylation sites (N-methyl/N-ethyl adjacent to an activating group) is 1. The van der Waals surface area contributed by atoms with Crippen molar-refractivity contribution >= 4 is 23.4 Å². The Balaban J connectivity index is 1.84. The van der Waals surface area contributed by atoms with Crippen molar-refractivity contribution < 1.29 is 24.2 Å². The highest BCUT2D eigenvalue weighted by atomic mass is 35.5. The second kappa shape index (κ2) is 10.1. The van der Waals surface area contributed by atoms with E-state index >= 15 is 0 Å². The SMILES string of the molecule is C#C[C@@H](C=C)CCN1CN(C)C(=O)C2=C(O)C(O)C(C(=O)NCc3ccc(Cl)cc3F)=CN21. The van der Waals surface area contributed by atoms with Crippen LogP contribution in [0.5, 0.6) is 0 Å². The Kier molecular flexibility index (Phi) is 7.43. The zero-order valence-electron chi connectivity index (χ0n) is 18.0.